The number of amides is 1. The molecule has 23 heavy (non-hydrogen) atoms. The van der Waals surface area contributed by atoms with Crippen LogP contribution in [0.5, 0.6) is 0 Å². The number of rotatable bonds is 5. The van der Waals surface area contributed by atoms with Crippen LogP contribution in [0.2, 0.25) is 0 Å². The number of hydrogen-bond donors (Lipinski definition) is 1. The van der Waals surface area contributed by atoms with Gasteiger partial charge in [-0.3, -0.25) is 9.59 Å². The van der Waals surface area contributed by atoms with Crippen molar-refractivity contribution in [2.45, 2.75) is 13.5 Å². The molecule has 0 spiro atoms. The Hall–Kier alpha value is -2.89. The van der Waals surface area contributed by atoms with Crippen molar-refractivity contribution < 1.29 is 14.3 Å². The molecule has 0 unspecified atom stereocenters. The van der Waals surface area contributed by atoms with Gasteiger partial charge in [-0.25, -0.2) is 4.79 Å². The van der Waals surface area contributed by atoms with E-state index in [1.165, 1.54) is 23.9 Å². The summed E-state index contributed by atoms with van der Waals surface area (Å²) in [6, 6.07) is 10.6. The highest BCUT2D eigenvalue weighted by atomic mass is 16.5. The Kier molecular flexibility index (Phi) is 5.30. The second-order valence-corrected chi connectivity index (χ2v) is 4.86. The number of esters is 1. The lowest BCUT2D eigenvalue weighted by atomic mass is 10.1. The Bertz CT molecular complexity index is 766. The monoisotopic (exact) mass is 314 g/mol. The predicted molar refractivity (Wildman–Crippen MR) is 85.6 cm³/mol. The van der Waals surface area contributed by atoms with Crippen LogP contribution in [-0.4, -0.2) is 30.1 Å². The van der Waals surface area contributed by atoms with Gasteiger partial charge in [-0.15, -0.1) is 0 Å². The summed E-state index contributed by atoms with van der Waals surface area (Å²) in [6.07, 6.45) is 1.42. The summed E-state index contributed by atoms with van der Waals surface area (Å²) < 4.78 is 6.29. The number of ether oxygens (including phenoxy) is 1. The molecule has 6 heteroatoms. The number of nitrogens with one attached hydrogen (secondary N) is 1. The third-order valence-electron chi connectivity index (χ3n) is 3.26. The molecule has 120 valence electrons. The molecule has 0 bridgehead atoms. The van der Waals surface area contributed by atoms with Crippen LogP contribution in [0.1, 0.15) is 33.2 Å². The van der Waals surface area contributed by atoms with Crippen molar-refractivity contribution in [3.05, 3.63) is 69.6 Å². The van der Waals surface area contributed by atoms with E-state index < -0.39 is 17.4 Å². The van der Waals surface area contributed by atoms with Crippen LogP contribution >= 0.6 is 0 Å². The van der Waals surface area contributed by atoms with Crippen molar-refractivity contribution >= 4 is 11.9 Å². The third kappa shape index (κ3) is 3.85. The summed E-state index contributed by atoms with van der Waals surface area (Å²) in [4.78, 5) is 36.3. The van der Waals surface area contributed by atoms with Crippen molar-refractivity contribution in [2.75, 3.05) is 13.7 Å². The lowest BCUT2D eigenvalue weighted by Crippen LogP contribution is -2.32. The summed E-state index contributed by atoms with van der Waals surface area (Å²) in [5.74, 6) is -1.11. The minimum Gasteiger partial charge on any atom is -0.462 e. The van der Waals surface area contributed by atoms with Crippen molar-refractivity contribution in [2.24, 2.45) is 0 Å². The molecule has 0 aliphatic heterocycles. The van der Waals surface area contributed by atoms with E-state index in [9.17, 15) is 14.4 Å². The zero-order valence-corrected chi connectivity index (χ0v) is 13.0. The predicted octanol–water partition coefficient (Wildman–Crippen LogP) is 1.43. The third-order valence-corrected chi connectivity index (χ3v) is 3.26. The Morgan fingerprint density at radius 3 is 2.52 bits per heavy atom. The minimum absolute atomic E-state index is 0.0889. The van der Waals surface area contributed by atoms with Crippen LogP contribution in [0.15, 0.2) is 47.4 Å². The van der Waals surface area contributed by atoms with E-state index in [0.717, 1.165) is 5.56 Å². The second kappa shape index (κ2) is 7.40. The Balaban J connectivity index is 2.51. The first-order chi connectivity index (χ1) is 11.1. The summed E-state index contributed by atoms with van der Waals surface area (Å²) in [7, 11) is 1.43. The van der Waals surface area contributed by atoms with Crippen molar-refractivity contribution in [1.29, 1.82) is 0 Å². The van der Waals surface area contributed by atoms with Crippen molar-refractivity contribution in [3.8, 4) is 0 Å². The zero-order valence-electron chi connectivity index (χ0n) is 13.0. The van der Waals surface area contributed by atoms with Gasteiger partial charge in [0, 0.05) is 13.2 Å². The molecule has 2 rings (SSSR count). The van der Waals surface area contributed by atoms with E-state index in [-0.39, 0.29) is 24.3 Å². The van der Waals surface area contributed by atoms with Crippen molar-refractivity contribution in [1.82, 2.24) is 9.88 Å². The van der Waals surface area contributed by atoms with E-state index >= 15 is 0 Å². The van der Waals surface area contributed by atoms with Crippen LogP contribution in [0.3, 0.4) is 0 Å². The number of benzene rings is 1. The molecule has 0 atom stereocenters. The Labute approximate surface area is 133 Å². The standard InChI is InChI=1S/C17H18N2O4/c1-3-23-17(22)13-9-14(15(20)18-2)16(21)19(11-13)10-12-7-5-4-6-8-12/h4-9,11H,3,10H2,1-2H3,(H,18,20). The van der Waals surface area contributed by atoms with E-state index in [1.54, 1.807) is 6.92 Å². The maximum Gasteiger partial charge on any atom is 0.339 e. The molecule has 0 radical (unpaired) electrons. The molecule has 0 aliphatic rings. The van der Waals surface area contributed by atoms with Gasteiger partial charge in [-0.2, -0.15) is 0 Å². The van der Waals surface area contributed by atoms with E-state index in [2.05, 4.69) is 5.32 Å². The first-order valence-corrected chi connectivity index (χ1v) is 7.24. The molecule has 0 saturated carbocycles. The quantitative estimate of drug-likeness (QED) is 0.847. The molecule has 1 aromatic carbocycles. The summed E-state index contributed by atoms with van der Waals surface area (Å²) in [5.41, 5.74) is 0.509. The molecule has 1 N–H and O–H groups in total. The normalized spacial score (nSPS) is 10.2. The molecule has 1 aromatic heterocycles. The first kappa shape index (κ1) is 16.5. The zero-order chi connectivity index (χ0) is 16.8. The number of pyridine rings is 1. The van der Waals surface area contributed by atoms with Gasteiger partial charge in [0.25, 0.3) is 11.5 Å². The topological polar surface area (TPSA) is 77.4 Å². The maximum absolute atomic E-state index is 12.5. The maximum atomic E-state index is 12.5. The fourth-order valence-corrected chi connectivity index (χ4v) is 2.16. The molecule has 1 heterocycles. The Morgan fingerprint density at radius 1 is 1.22 bits per heavy atom. The molecule has 0 aliphatic carbocycles. The second-order valence-electron chi connectivity index (χ2n) is 4.86. The number of nitrogens with zero attached hydrogens (tertiary/aromatic N) is 1. The van der Waals surface area contributed by atoms with Gasteiger partial charge in [-0.05, 0) is 18.6 Å². The van der Waals surface area contributed by atoms with Gasteiger partial charge in [-0.1, -0.05) is 30.3 Å². The van der Waals surface area contributed by atoms with E-state index in [0.29, 0.717) is 0 Å². The molecule has 2 aromatic rings. The molecule has 0 saturated heterocycles. The lowest BCUT2D eigenvalue weighted by Gasteiger charge is -2.11. The highest BCUT2D eigenvalue weighted by Crippen LogP contribution is 2.07. The highest BCUT2D eigenvalue weighted by molar-refractivity contribution is 5.97. The summed E-state index contributed by atoms with van der Waals surface area (Å²) >= 11 is 0. The van der Waals surface area contributed by atoms with Crippen LogP contribution < -0.4 is 10.9 Å². The van der Waals surface area contributed by atoms with Gasteiger partial charge < -0.3 is 14.6 Å². The average Bonchev–Trinajstić information content (AvgIpc) is 2.57. The smallest absolute Gasteiger partial charge is 0.339 e. The summed E-state index contributed by atoms with van der Waals surface area (Å²) in [5, 5.41) is 2.41. The SMILES string of the molecule is CCOC(=O)c1cc(C(=O)NC)c(=O)n(Cc2ccccc2)c1. The number of aromatic nitrogens is 1. The van der Waals surface area contributed by atoms with Crippen LogP contribution in [0, 0.1) is 0 Å². The van der Waals surface area contributed by atoms with Gasteiger partial charge in [0.2, 0.25) is 0 Å². The van der Waals surface area contributed by atoms with Gasteiger partial charge in [0.15, 0.2) is 0 Å². The van der Waals surface area contributed by atoms with E-state index in [4.69, 9.17) is 4.74 Å². The van der Waals surface area contributed by atoms with Gasteiger partial charge in [0.05, 0.1) is 18.7 Å². The number of hydrogen-bond acceptors (Lipinski definition) is 4. The van der Waals surface area contributed by atoms with Crippen molar-refractivity contribution in [3.63, 3.8) is 0 Å². The van der Waals surface area contributed by atoms with Crippen LogP contribution in [-0.2, 0) is 11.3 Å². The number of carbonyl (C=O) groups is 2. The molecule has 0 fully saturated rings. The van der Waals surface area contributed by atoms with E-state index in [1.807, 2.05) is 30.3 Å². The van der Waals surface area contributed by atoms with Gasteiger partial charge in [0.1, 0.15) is 5.56 Å². The molecular weight excluding hydrogens is 296 g/mol. The largest absolute Gasteiger partial charge is 0.462 e. The fourth-order valence-electron chi connectivity index (χ4n) is 2.16. The fraction of sp³-hybridized carbons (Fsp3) is 0.235. The minimum atomic E-state index is -0.570. The highest BCUT2D eigenvalue weighted by Gasteiger charge is 2.17. The lowest BCUT2D eigenvalue weighted by molar-refractivity contribution is 0.0525. The molecule has 1 amide bonds. The van der Waals surface area contributed by atoms with Gasteiger partial charge >= 0.3 is 5.97 Å². The molecular formula is C17H18N2O4. The first-order valence-electron chi connectivity index (χ1n) is 7.24. The van der Waals surface area contributed by atoms with Crippen LogP contribution in [0.25, 0.3) is 0 Å². The number of carbonyl (C=O) groups excluding carboxylic acids is 2. The Morgan fingerprint density at radius 2 is 1.91 bits per heavy atom. The average molecular weight is 314 g/mol. The molecule has 6 nitrogen and oxygen atoms in total. The van der Waals surface area contributed by atoms with Crippen LogP contribution in [0.4, 0.5) is 0 Å². The summed E-state index contributed by atoms with van der Waals surface area (Å²) in [6.45, 7) is 2.17.